The molecule has 1 rings (SSSR count). The van der Waals surface area contributed by atoms with E-state index in [1.807, 2.05) is 0 Å². The van der Waals surface area contributed by atoms with Crippen LogP contribution in [0.3, 0.4) is 0 Å². The van der Waals surface area contributed by atoms with Crippen LogP contribution >= 0.6 is 0 Å². The van der Waals surface area contributed by atoms with Gasteiger partial charge >= 0.3 is 0 Å². The van der Waals surface area contributed by atoms with E-state index in [4.69, 9.17) is 0 Å². The molecular formula is C7H15NO. The standard InChI is InChI=1S/C7H13NO.H2/c9-6-8-7-4-2-1-3-5-7;/h6-7H,1-5H2,(H,8,9);1H. The van der Waals surface area contributed by atoms with E-state index in [0.717, 1.165) is 6.41 Å². The van der Waals surface area contributed by atoms with E-state index in [9.17, 15) is 4.79 Å². The first-order chi connectivity index (χ1) is 4.43. The fourth-order valence-electron chi connectivity index (χ4n) is 1.37. The average molecular weight is 129 g/mol. The highest BCUT2D eigenvalue weighted by Crippen LogP contribution is 2.16. The molecule has 54 valence electrons. The fourth-order valence-corrected chi connectivity index (χ4v) is 1.37. The van der Waals surface area contributed by atoms with Crippen molar-refractivity contribution in [1.82, 2.24) is 5.32 Å². The van der Waals surface area contributed by atoms with Crippen LogP contribution in [0.15, 0.2) is 0 Å². The number of hydrogen-bond acceptors (Lipinski definition) is 1. The Labute approximate surface area is 57.1 Å². The second-order valence-corrected chi connectivity index (χ2v) is 2.62. The van der Waals surface area contributed by atoms with Crippen LogP contribution in [-0.2, 0) is 4.79 Å². The highest BCUT2D eigenvalue weighted by atomic mass is 16.1. The first-order valence-electron chi connectivity index (χ1n) is 3.63. The molecule has 0 saturated heterocycles. The van der Waals surface area contributed by atoms with Crippen molar-refractivity contribution in [2.45, 2.75) is 38.1 Å². The average Bonchev–Trinajstić information content (AvgIpc) is 1.91. The third-order valence-corrected chi connectivity index (χ3v) is 1.91. The van der Waals surface area contributed by atoms with Gasteiger partial charge in [-0.05, 0) is 12.8 Å². The summed E-state index contributed by atoms with van der Waals surface area (Å²) in [5.74, 6) is 0. The molecule has 0 radical (unpaired) electrons. The molecule has 0 aliphatic heterocycles. The summed E-state index contributed by atoms with van der Waals surface area (Å²) in [6.07, 6.45) is 7.08. The normalized spacial score (nSPS) is 21.3. The summed E-state index contributed by atoms with van der Waals surface area (Å²) in [5.41, 5.74) is 0. The molecule has 0 spiro atoms. The molecule has 0 aromatic rings. The van der Waals surface area contributed by atoms with Gasteiger partial charge in [0.05, 0.1) is 0 Å². The molecule has 1 aliphatic rings. The summed E-state index contributed by atoms with van der Waals surface area (Å²) in [6.45, 7) is 0. The minimum atomic E-state index is 0. The Morgan fingerprint density at radius 1 is 1.33 bits per heavy atom. The molecule has 1 saturated carbocycles. The third kappa shape index (κ3) is 2.04. The van der Waals surface area contributed by atoms with E-state index in [-0.39, 0.29) is 1.43 Å². The van der Waals surface area contributed by atoms with Gasteiger partial charge in [0.15, 0.2) is 0 Å². The molecule has 0 aromatic heterocycles. The van der Waals surface area contributed by atoms with Gasteiger partial charge in [-0.3, -0.25) is 4.79 Å². The predicted molar refractivity (Wildman–Crippen MR) is 38.2 cm³/mol. The van der Waals surface area contributed by atoms with Crippen molar-refractivity contribution in [3.63, 3.8) is 0 Å². The Kier molecular flexibility index (Phi) is 2.55. The SMILES string of the molecule is O=CNC1CCCCC1.[HH]. The molecule has 0 atom stereocenters. The second-order valence-electron chi connectivity index (χ2n) is 2.62. The number of carbonyl (C=O) groups excluding carboxylic acids is 1. The molecule has 1 fully saturated rings. The Morgan fingerprint density at radius 2 is 2.00 bits per heavy atom. The van der Waals surface area contributed by atoms with Crippen LogP contribution in [0.1, 0.15) is 33.5 Å². The van der Waals surface area contributed by atoms with Gasteiger partial charge in [0.1, 0.15) is 0 Å². The molecule has 0 aromatic carbocycles. The van der Waals surface area contributed by atoms with Crippen LogP contribution in [0.4, 0.5) is 0 Å². The minimum Gasteiger partial charge on any atom is -0.356 e. The number of carbonyl (C=O) groups is 1. The highest BCUT2D eigenvalue weighted by Gasteiger charge is 2.10. The predicted octanol–water partition coefficient (Wildman–Crippen LogP) is 1.31. The monoisotopic (exact) mass is 129 g/mol. The van der Waals surface area contributed by atoms with Gasteiger partial charge in [0.2, 0.25) is 6.41 Å². The molecule has 2 nitrogen and oxygen atoms in total. The summed E-state index contributed by atoms with van der Waals surface area (Å²) >= 11 is 0. The zero-order chi connectivity index (χ0) is 6.53. The van der Waals surface area contributed by atoms with Gasteiger partial charge in [-0.2, -0.15) is 0 Å². The van der Waals surface area contributed by atoms with Crippen LogP contribution in [-0.4, -0.2) is 12.5 Å². The van der Waals surface area contributed by atoms with Crippen molar-refractivity contribution in [3.05, 3.63) is 0 Å². The quantitative estimate of drug-likeness (QED) is 0.559. The molecular weight excluding hydrogens is 114 g/mol. The van der Waals surface area contributed by atoms with Crippen LogP contribution < -0.4 is 5.32 Å². The second kappa shape index (κ2) is 3.49. The Bertz CT molecular complexity index is 91.6. The summed E-state index contributed by atoms with van der Waals surface area (Å²) in [7, 11) is 0. The summed E-state index contributed by atoms with van der Waals surface area (Å²) in [5, 5.41) is 2.80. The minimum absolute atomic E-state index is 0. The lowest BCUT2D eigenvalue weighted by atomic mass is 9.96. The molecule has 1 amide bonds. The van der Waals surface area contributed by atoms with E-state index in [2.05, 4.69) is 5.32 Å². The topological polar surface area (TPSA) is 29.1 Å². The number of rotatable bonds is 2. The van der Waals surface area contributed by atoms with Gasteiger partial charge in [-0.25, -0.2) is 0 Å². The molecule has 0 bridgehead atoms. The lowest BCUT2D eigenvalue weighted by Gasteiger charge is -2.19. The fraction of sp³-hybridized carbons (Fsp3) is 0.857. The van der Waals surface area contributed by atoms with Gasteiger partial charge < -0.3 is 5.32 Å². The van der Waals surface area contributed by atoms with E-state index < -0.39 is 0 Å². The van der Waals surface area contributed by atoms with Crippen molar-refractivity contribution >= 4 is 6.41 Å². The van der Waals surface area contributed by atoms with Gasteiger partial charge in [0.25, 0.3) is 0 Å². The van der Waals surface area contributed by atoms with Gasteiger partial charge in [0, 0.05) is 7.47 Å². The summed E-state index contributed by atoms with van der Waals surface area (Å²) in [6, 6.07) is 0.483. The van der Waals surface area contributed by atoms with Crippen molar-refractivity contribution in [2.24, 2.45) is 0 Å². The van der Waals surface area contributed by atoms with Crippen molar-refractivity contribution in [3.8, 4) is 0 Å². The Hall–Kier alpha value is -0.530. The lowest BCUT2D eigenvalue weighted by Crippen LogP contribution is -2.29. The van der Waals surface area contributed by atoms with E-state index >= 15 is 0 Å². The smallest absolute Gasteiger partial charge is 0.207 e. The van der Waals surface area contributed by atoms with Gasteiger partial charge in [-0.15, -0.1) is 0 Å². The number of amides is 1. The zero-order valence-corrected chi connectivity index (χ0v) is 5.60. The Balaban J connectivity index is 0.000000810. The number of nitrogens with one attached hydrogen (secondary N) is 1. The van der Waals surface area contributed by atoms with Crippen molar-refractivity contribution < 1.29 is 6.22 Å². The largest absolute Gasteiger partial charge is 0.356 e. The first kappa shape index (κ1) is 6.59. The van der Waals surface area contributed by atoms with Crippen LogP contribution in [0.5, 0.6) is 0 Å². The van der Waals surface area contributed by atoms with E-state index in [0.29, 0.717) is 6.04 Å². The number of hydrogen-bond donors (Lipinski definition) is 1. The molecule has 1 N–H and O–H groups in total. The molecule has 1 aliphatic carbocycles. The van der Waals surface area contributed by atoms with E-state index in [1.54, 1.807) is 0 Å². The lowest BCUT2D eigenvalue weighted by molar-refractivity contribution is -0.110. The van der Waals surface area contributed by atoms with Crippen LogP contribution in [0.25, 0.3) is 0 Å². The molecule has 9 heavy (non-hydrogen) atoms. The van der Waals surface area contributed by atoms with Crippen LogP contribution in [0, 0.1) is 0 Å². The highest BCUT2D eigenvalue weighted by molar-refractivity contribution is 5.46. The maximum absolute atomic E-state index is 9.96. The van der Waals surface area contributed by atoms with E-state index in [1.165, 1.54) is 32.1 Å². The maximum Gasteiger partial charge on any atom is 0.207 e. The molecule has 0 heterocycles. The summed E-state index contributed by atoms with van der Waals surface area (Å²) in [4.78, 5) is 9.96. The first-order valence-corrected chi connectivity index (χ1v) is 3.63. The Morgan fingerprint density at radius 3 is 2.56 bits per heavy atom. The van der Waals surface area contributed by atoms with Crippen molar-refractivity contribution in [1.29, 1.82) is 0 Å². The molecule has 0 unspecified atom stereocenters. The van der Waals surface area contributed by atoms with Crippen molar-refractivity contribution in [2.75, 3.05) is 0 Å². The third-order valence-electron chi connectivity index (χ3n) is 1.91. The zero-order valence-electron chi connectivity index (χ0n) is 5.60. The summed E-state index contributed by atoms with van der Waals surface area (Å²) < 4.78 is 0. The molecule has 2 heteroatoms. The maximum atomic E-state index is 9.96. The van der Waals surface area contributed by atoms with Gasteiger partial charge in [-0.1, -0.05) is 19.3 Å². The van der Waals surface area contributed by atoms with Crippen LogP contribution in [0.2, 0.25) is 0 Å².